The van der Waals surface area contributed by atoms with Crippen molar-refractivity contribution in [2.24, 2.45) is 0 Å². The van der Waals surface area contributed by atoms with E-state index in [0.29, 0.717) is 17.7 Å². The standard InChI is InChI=1S/C15H9F3N4O/c16-15(17,18)14-2-1-12(8-20-14)22-13(7-11(9-23)21-22)10-3-5-19-6-4-10/h1-9H. The quantitative estimate of drug-likeness (QED) is 0.696. The highest BCUT2D eigenvalue weighted by Crippen LogP contribution is 2.28. The molecule has 0 spiro atoms. The highest BCUT2D eigenvalue weighted by molar-refractivity contribution is 5.76. The van der Waals surface area contributed by atoms with E-state index in [2.05, 4.69) is 15.1 Å². The Labute approximate surface area is 128 Å². The zero-order valence-corrected chi connectivity index (χ0v) is 11.5. The van der Waals surface area contributed by atoms with E-state index < -0.39 is 11.9 Å². The van der Waals surface area contributed by atoms with Gasteiger partial charge in [0, 0.05) is 18.0 Å². The largest absolute Gasteiger partial charge is 0.433 e. The molecule has 3 heterocycles. The number of pyridine rings is 2. The molecule has 0 bridgehead atoms. The van der Waals surface area contributed by atoms with Crippen molar-refractivity contribution in [2.45, 2.75) is 6.18 Å². The van der Waals surface area contributed by atoms with Crippen molar-refractivity contribution in [3.05, 3.63) is 60.3 Å². The molecule has 0 fully saturated rings. The van der Waals surface area contributed by atoms with Gasteiger partial charge < -0.3 is 0 Å². The molecule has 3 rings (SSSR count). The molecule has 3 aromatic rings. The van der Waals surface area contributed by atoms with Crippen LogP contribution in [0, 0.1) is 0 Å². The third kappa shape index (κ3) is 2.96. The summed E-state index contributed by atoms with van der Waals surface area (Å²) >= 11 is 0. The van der Waals surface area contributed by atoms with E-state index in [1.807, 2.05) is 0 Å². The van der Waals surface area contributed by atoms with E-state index in [1.165, 1.54) is 10.7 Å². The fraction of sp³-hybridized carbons (Fsp3) is 0.0667. The molecule has 0 aliphatic carbocycles. The lowest BCUT2D eigenvalue weighted by Gasteiger charge is -2.09. The van der Waals surface area contributed by atoms with Crippen LogP contribution in [-0.4, -0.2) is 26.0 Å². The van der Waals surface area contributed by atoms with Crippen LogP contribution in [0.4, 0.5) is 13.2 Å². The van der Waals surface area contributed by atoms with E-state index in [-0.39, 0.29) is 5.69 Å². The Morgan fingerprint density at radius 2 is 1.83 bits per heavy atom. The molecular weight excluding hydrogens is 309 g/mol. The first-order valence-electron chi connectivity index (χ1n) is 6.48. The molecule has 23 heavy (non-hydrogen) atoms. The predicted octanol–water partition coefficient (Wildman–Crippen LogP) is 3.16. The number of aromatic nitrogens is 4. The molecule has 0 aliphatic rings. The van der Waals surface area contributed by atoms with Crippen LogP contribution in [0.3, 0.4) is 0 Å². The second-order valence-electron chi connectivity index (χ2n) is 4.62. The summed E-state index contributed by atoms with van der Waals surface area (Å²) in [7, 11) is 0. The van der Waals surface area contributed by atoms with Gasteiger partial charge in [-0.25, -0.2) is 9.67 Å². The SMILES string of the molecule is O=Cc1cc(-c2ccncc2)n(-c2ccc(C(F)(F)F)nc2)n1. The molecule has 0 saturated carbocycles. The Morgan fingerprint density at radius 3 is 2.39 bits per heavy atom. The molecule has 8 heteroatoms. The summed E-state index contributed by atoms with van der Waals surface area (Å²) < 4.78 is 39.1. The minimum absolute atomic E-state index is 0.164. The molecule has 0 radical (unpaired) electrons. The monoisotopic (exact) mass is 318 g/mol. The zero-order chi connectivity index (χ0) is 16.4. The van der Waals surface area contributed by atoms with Crippen LogP contribution in [0.5, 0.6) is 0 Å². The summed E-state index contributed by atoms with van der Waals surface area (Å²) in [5.41, 5.74) is 0.764. The molecule has 0 saturated heterocycles. The highest BCUT2D eigenvalue weighted by Gasteiger charge is 2.32. The van der Waals surface area contributed by atoms with Gasteiger partial charge in [-0.3, -0.25) is 9.78 Å². The number of hydrogen-bond acceptors (Lipinski definition) is 4. The van der Waals surface area contributed by atoms with E-state index in [1.54, 1.807) is 30.6 Å². The first-order chi connectivity index (χ1) is 11.0. The molecule has 3 aromatic heterocycles. The van der Waals surface area contributed by atoms with Crippen LogP contribution in [0.15, 0.2) is 48.9 Å². The number of halogens is 3. The van der Waals surface area contributed by atoms with Crippen LogP contribution in [-0.2, 0) is 6.18 Å². The molecule has 0 aromatic carbocycles. The van der Waals surface area contributed by atoms with Gasteiger partial charge in [-0.2, -0.15) is 18.3 Å². The molecule has 5 nitrogen and oxygen atoms in total. The lowest BCUT2D eigenvalue weighted by Crippen LogP contribution is -2.09. The van der Waals surface area contributed by atoms with Crippen molar-refractivity contribution in [1.29, 1.82) is 0 Å². The lowest BCUT2D eigenvalue weighted by molar-refractivity contribution is -0.141. The van der Waals surface area contributed by atoms with Gasteiger partial charge in [-0.1, -0.05) is 0 Å². The molecule has 0 aliphatic heterocycles. The molecule has 0 amide bonds. The van der Waals surface area contributed by atoms with Gasteiger partial charge in [0.05, 0.1) is 17.6 Å². The van der Waals surface area contributed by atoms with Crippen molar-refractivity contribution < 1.29 is 18.0 Å². The van der Waals surface area contributed by atoms with Gasteiger partial charge in [-0.05, 0) is 30.3 Å². The third-order valence-corrected chi connectivity index (χ3v) is 3.11. The van der Waals surface area contributed by atoms with E-state index in [4.69, 9.17) is 0 Å². The summed E-state index contributed by atoms with van der Waals surface area (Å²) in [5, 5.41) is 4.07. The van der Waals surface area contributed by atoms with Crippen molar-refractivity contribution >= 4 is 6.29 Å². The molecule has 0 N–H and O–H groups in total. The second-order valence-corrected chi connectivity index (χ2v) is 4.62. The maximum atomic E-state index is 12.6. The van der Waals surface area contributed by atoms with Gasteiger partial charge >= 0.3 is 6.18 Å². The zero-order valence-electron chi connectivity index (χ0n) is 11.5. The Balaban J connectivity index is 2.09. The Kier molecular flexibility index (Phi) is 3.65. The Hall–Kier alpha value is -3.03. The van der Waals surface area contributed by atoms with E-state index in [0.717, 1.165) is 17.8 Å². The average molecular weight is 318 g/mol. The van der Waals surface area contributed by atoms with E-state index >= 15 is 0 Å². The number of carbonyl (C=O) groups is 1. The molecule has 116 valence electrons. The summed E-state index contributed by atoms with van der Waals surface area (Å²) in [6.45, 7) is 0. The summed E-state index contributed by atoms with van der Waals surface area (Å²) in [4.78, 5) is 18.3. The van der Waals surface area contributed by atoms with Crippen molar-refractivity contribution in [2.75, 3.05) is 0 Å². The fourth-order valence-electron chi connectivity index (χ4n) is 2.06. The molecule has 0 atom stereocenters. The van der Waals surface area contributed by atoms with Gasteiger partial charge in [0.25, 0.3) is 0 Å². The van der Waals surface area contributed by atoms with Crippen molar-refractivity contribution in [1.82, 2.24) is 19.7 Å². The average Bonchev–Trinajstić information content (AvgIpc) is 2.99. The van der Waals surface area contributed by atoms with Crippen LogP contribution < -0.4 is 0 Å². The number of aldehydes is 1. The van der Waals surface area contributed by atoms with Gasteiger partial charge in [-0.15, -0.1) is 0 Å². The number of alkyl halides is 3. The van der Waals surface area contributed by atoms with Crippen LogP contribution in [0.25, 0.3) is 16.9 Å². The van der Waals surface area contributed by atoms with Gasteiger partial charge in [0.1, 0.15) is 11.4 Å². The summed E-state index contributed by atoms with van der Waals surface area (Å²) in [6, 6.07) is 7.08. The number of nitrogens with zero attached hydrogens (tertiary/aromatic N) is 4. The van der Waals surface area contributed by atoms with Crippen molar-refractivity contribution in [3.63, 3.8) is 0 Å². The first kappa shape index (κ1) is 14.9. The van der Waals surface area contributed by atoms with Gasteiger partial charge in [0.2, 0.25) is 0 Å². The number of carbonyl (C=O) groups excluding carboxylic acids is 1. The van der Waals surface area contributed by atoms with E-state index in [9.17, 15) is 18.0 Å². The topological polar surface area (TPSA) is 60.7 Å². The molecule has 0 unspecified atom stereocenters. The fourth-order valence-corrected chi connectivity index (χ4v) is 2.06. The molecular formula is C15H9F3N4O. The maximum absolute atomic E-state index is 12.6. The lowest BCUT2D eigenvalue weighted by atomic mass is 10.2. The number of hydrogen-bond donors (Lipinski definition) is 0. The second kappa shape index (κ2) is 5.64. The Morgan fingerprint density at radius 1 is 1.09 bits per heavy atom. The summed E-state index contributed by atoms with van der Waals surface area (Å²) in [5.74, 6) is 0. The minimum atomic E-state index is -4.51. The van der Waals surface area contributed by atoms with Gasteiger partial charge in [0.15, 0.2) is 6.29 Å². The first-order valence-corrected chi connectivity index (χ1v) is 6.48. The number of rotatable bonds is 3. The van der Waals surface area contributed by atoms with Crippen LogP contribution in [0.1, 0.15) is 16.2 Å². The minimum Gasteiger partial charge on any atom is -0.296 e. The smallest absolute Gasteiger partial charge is 0.296 e. The third-order valence-electron chi connectivity index (χ3n) is 3.11. The maximum Gasteiger partial charge on any atom is 0.433 e. The van der Waals surface area contributed by atoms with Crippen LogP contribution >= 0.6 is 0 Å². The normalized spacial score (nSPS) is 11.4. The Bertz CT molecular complexity index is 826. The van der Waals surface area contributed by atoms with Crippen LogP contribution in [0.2, 0.25) is 0 Å². The predicted molar refractivity (Wildman–Crippen MR) is 75.0 cm³/mol. The highest BCUT2D eigenvalue weighted by atomic mass is 19.4. The summed E-state index contributed by atoms with van der Waals surface area (Å²) in [6.07, 6.45) is 0.259. The van der Waals surface area contributed by atoms with Crippen molar-refractivity contribution in [3.8, 4) is 16.9 Å².